The lowest BCUT2D eigenvalue weighted by Gasteiger charge is -2.30. The second-order valence-electron chi connectivity index (χ2n) is 12.1. The molecule has 1 aromatic heterocycles. The summed E-state index contributed by atoms with van der Waals surface area (Å²) in [5.74, 6) is -0.286. The van der Waals surface area contributed by atoms with Crippen molar-refractivity contribution in [1.82, 2.24) is 15.1 Å². The molecule has 2 aromatic carbocycles. The molecule has 3 aromatic rings. The number of nitrogens with one attached hydrogen (secondary N) is 1. The van der Waals surface area contributed by atoms with Crippen molar-refractivity contribution in [3.63, 3.8) is 0 Å². The van der Waals surface area contributed by atoms with Crippen LogP contribution < -0.4 is 5.32 Å². The van der Waals surface area contributed by atoms with Gasteiger partial charge >= 0.3 is 11.9 Å². The van der Waals surface area contributed by atoms with E-state index in [2.05, 4.69) is 36.5 Å². The molecule has 2 heterocycles. The third kappa shape index (κ3) is 8.03. The van der Waals surface area contributed by atoms with Crippen molar-refractivity contribution < 1.29 is 19.1 Å². The largest absolute Gasteiger partial charge is 0.462 e. The zero-order chi connectivity index (χ0) is 31.8. The van der Waals surface area contributed by atoms with Gasteiger partial charge in [0.15, 0.2) is 0 Å². The van der Waals surface area contributed by atoms with Crippen molar-refractivity contribution in [2.45, 2.75) is 72.1 Å². The number of esters is 2. The van der Waals surface area contributed by atoms with Crippen LogP contribution in [0, 0.1) is 11.8 Å². The summed E-state index contributed by atoms with van der Waals surface area (Å²) in [6.45, 7) is 14.4. The standard InChI is InChI=1S/C36H45N3O4S/c1-8-9-19-44-29-17-15-27(16-18-29)34-30(20-39(38-34)28-13-11-10-12-14-28)33-31(35(40)42-21-23(2)3)25(6)37-26(7)32(33)36(41)43-22-24(4)5/h10-18,20,23-24,33,37H,8-9,19,21-22H2,1-7H3. The fraction of sp³-hybridized carbons (Fsp3) is 0.417. The highest BCUT2D eigenvalue weighted by molar-refractivity contribution is 7.99. The first-order valence-electron chi connectivity index (χ1n) is 15.5. The normalized spacial score (nSPS) is 13.9. The zero-order valence-electron chi connectivity index (χ0n) is 27.0. The summed E-state index contributed by atoms with van der Waals surface area (Å²) in [6.07, 6.45) is 4.25. The molecule has 0 fully saturated rings. The molecule has 8 heteroatoms. The van der Waals surface area contributed by atoms with Gasteiger partial charge in [-0.1, -0.05) is 71.4 Å². The van der Waals surface area contributed by atoms with Gasteiger partial charge in [0.05, 0.1) is 41.7 Å². The van der Waals surface area contributed by atoms with E-state index < -0.39 is 17.9 Å². The molecule has 0 saturated heterocycles. The number of benzene rings is 2. The molecule has 0 radical (unpaired) electrons. The number of rotatable bonds is 13. The number of carbonyl (C=O) groups is 2. The van der Waals surface area contributed by atoms with Gasteiger partial charge in [0.25, 0.3) is 0 Å². The van der Waals surface area contributed by atoms with Crippen molar-refractivity contribution in [3.8, 4) is 16.9 Å². The van der Waals surface area contributed by atoms with Crippen molar-refractivity contribution in [3.05, 3.63) is 88.9 Å². The summed E-state index contributed by atoms with van der Waals surface area (Å²) in [5.41, 5.74) is 5.23. The number of hydrogen-bond acceptors (Lipinski definition) is 7. The summed E-state index contributed by atoms with van der Waals surface area (Å²) in [6, 6.07) is 18.2. The average Bonchev–Trinajstić information content (AvgIpc) is 3.44. The first kappa shape index (κ1) is 33.1. The van der Waals surface area contributed by atoms with E-state index >= 15 is 0 Å². The number of aromatic nitrogens is 2. The van der Waals surface area contributed by atoms with Gasteiger partial charge in [0.2, 0.25) is 0 Å². The molecule has 0 spiro atoms. The maximum Gasteiger partial charge on any atom is 0.336 e. The van der Waals surface area contributed by atoms with E-state index in [0.717, 1.165) is 35.4 Å². The molecule has 0 amide bonds. The second kappa shape index (κ2) is 15.3. The van der Waals surface area contributed by atoms with E-state index in [1.54, 1.807) is 0 Å². The Morgan fingerprint density at radius 1 is 0.886 bits per heavy atom. The number of thioether (sulfide) groups is 1. The lowest BCUT2D eigenvalue weighted by molar-refractivity contribution is -0.141. The van der Waals surface area contributed by atoms with E-state index in [-0.39, 0.29) is 25.0 Å². The Labute approximate surface area is 266 Å². The van der Waals surface area contributed by atoms with E-state index in [9.17, 15) is 9.59 Å². The second-order valence-corrected chi connectivity index (χ2v) is 13.2. The van der Waals surface area contributed by atoms with Crippen LogP contribution in [0.2, 0.25) is 0 Å². The molecular formula is C36H45N3O4S. The van der Waals surface area contributed by atoms with Gasteiger partial charge in [-0.25, -0.2) is 14.3 Å². The van der Waals surface area contributed by atoms with Crippen LogP contribution in [0.25, 0.3) is 16.9 Å². The van der Waals surface area contributed by atoms with Crippen LogP contribution in [0.5, 0.6) is 0 Å². The van der Waals surface area contributed by atoms with Crippen LogP contribution in [-0.4, -0.2) is 40.7 Å². The van der Waals surface area contributed by atoms with E-state index in [4.69, 9.17) is 14.6 Å². The lowest BCUT2D eigenvalue weighted by Crippen LogP contribution is -2.33. The molecule has 4 rings (SSSR count). The Morgan fingerprint density at radius 2 is 1.45 bits per heavy atom. The SMILES string of the molecule is CCCCSc1ccc(-c2nn(-c3ccccc3)cc2C2C(C(=O)OCC(C)C)=C(C)NC(C)=C2C(=O)OCC(C)C)cc1. The molecule has 0 atom stereocenters. The van der Waals surface area contributed by atoms with E-state index in [0.29, 0.717) is 28.2 Å². The predicted octanol–water partition coefficient (Wildman–Crippen LogP) is 8.06. The van der Waals surface area contributed by atoms with Crippen LogP contribution in [0.15, 0.2) is 88.2 Å². The summed E-state index contributed by atoms with van der Waals surface area (Å²) in [5, 5.41) is 8.33. The van der Waals surface area contributed by atoms with Gasteiger partial charge in [-0.05, 0) is 62.1 Å². The van der Waals surface area contributed by atoms with E-state index in [1.807, 2.05) is 94.5 Å². The number of para-hydroxylation sites is 1. The van der Waals surface area contributed by atoms with Crippen LogP contribution in [-0.2, 0) is 19.1 Å². The maximum atomic E-state index is 13.8. The first-order chi connectivity index (χ1) is 21.1. The van der Waals surface area contributed by atoms with Crippen LogP contribution in [0.1, 0.15) is 72.8 Å². The smallest absolute Gasteiger partial charge is 0.336 e. The molecule has 0 bridgehead atoms. The quantitative estimate of drug-likeness (QED) is 0.118. The average molecular weight is 616 g/mol. The molecule has 0 aliphatic carbocycles. The summed E-state index contributed by atoms with van der Waals surface area (Å²) >= 11 is 1.84. The number of hydrogen-bond donors (Lipinski definition) is 1. The van der Waals surface area contributed by atoms with Crippen LogP contribution >= 0.6 is 11.8 Å². The fourth-order valence-electron chi connectivity index (χ4n) is 5.07. The molecule has 0 unspecified atom stereocenters. The summed E-state index contributed by atoms with van der Waals surface area (Å²) in [7, 11) is 0. The third-order valence-corrected chi connectivity index (χ3v) is 8.36. The number of allylic oxidation sites excluding steroid dienone is 2. The summed E-state index contributed by atoms with van der Waals surface area (Å²) in [4.78, 5) is 28.8. The number of ether oxygens (including phenoxy) is 2. The highest BCUT2D eigenvalue weighted by atomic mass is 32.2. The molecule has 234 valence electrons. The fourth-order valence-corrected chi connectivity index (χ4v) is 6.06. The van der Waals surface area contributed by atoms with Gasteiger partial charge in [-0.2, -0.15) is 5.10 Å². The molecule has 1 aliphatic heterocycles. The Kier molecular flexibility index (Phi) is 11.5. The first-order valence-corrected chi connectivity index (χ1v) is 16.5. The minimum atomic E-state index is -0.748. The lowest BCUT2D eigenvalue weighted by atomic mass is 9.79. The highest BCUT2D eigenvalue weighted by Gasteiger charge is 2.40. The van der Waals surface area contributed by atoms with Gasteiger partial charge in [-0.15, -0.1) is 11.8 Å². The summed E-state index contributed by atoms with van der Waals surface area (Å²) < 4.78 is 13.4. The number of carbonyl (C=O) groups excluding carboxylic acids is 2. The Hall–Kier alpha value is -3.78. The Bertz CT molecular complexity index is 1460. The van der Waals surface area contributed by atoms with Crippen molar-refractivity contribution in [1.29, 1.82) is 0 Å². The number of unbranched alkanes of at least 4 members (excludes halogenated alkanes) is 1. The predicted molar refractivity (Wildman–Crippen MR) is 178 cm³/mol. The number of dihydropyridines is 1. The minimum Gasteiger partial charge on any atom is -0.462 e. The minimum absolute atomic E-state index is 0.160. The van der Waals surface area contributed by atoms with Gasteiger partial charge in [0, 0.05) is 33.6 Å². The Balaban J connectivity index is 1.90. The van der Waals surface area contributed by atoms with Crippen LogP contribution in [0.4, 0.5) is 0 Å². The van der Waals surface area contributed by atoms with Gasteiger partial charge in [-0.3, -0.25) is 0 Å². The maximum absolute atomic E-state index is 13.8. The Morgan fingerprint density at radius 3 is 1.98 bits per heavy atom. The monoisotopic (exact) mass is 615 g/mol. The molecular weight excluding hydrogens is 570 g/mol. The van der Waals surface area contributed by atoms with Crippen molar-refractivity contribution >= 4 is 23.7 Å². The third-order valence-electron chi connectivity index (χ3n) is 7.26. The highest BCUT2D eigenvalue weighted by Crippen LogP contribution is 2.43. The van der Waals surface area contributed by atoms with Crippen molar-refractivity contribution in [2.75, 3.05) is 19.0 Å². The van der Waals surface area contributed by atoms with E-state index in [1.165, 1.54) is 4.90 Å². The van der Waals surface area contributed by atoms with Gasteiger partial charge < -0.3 is 14.8 Å². The van der Waals surface area contributed by atoms with Crippen molar-refractivity contribution in [2.24, 2.45) is 11.8 Å². The molecule has 0 saturated carbocycles. The van der Waals surface area contributed by atoms with Crippen LogP contribution in [0.3, 0.4) is 0 Å². The van der Waals surface area contributed by atoms with Gasteiger partial charge in [0.1, 0.15) is 0 Å². The molecule has 1 aliphatic rings. The molecule has 1 N–H and O–H groups in total. The number of nitrogens with zero attached hydrogens (tertiary/aromatic N) is 2. The zero-order valence-corrected chi connectivity index (χ0v) is 27.8. The molecule has 44 heavy (non-hydrogen) atoms. The molecule has 7 nitrogen and oxygen atoms in total. The topological polar surface area (TPSA) is 82.5 Å².